The molecule has 1 aromatic rings. The van der Waals surface area contributed by atoms with Crippen LogP contribution in [0.15, 0.2) is 18.2 Å². The molecular weight excluding hydrogens is 200 g/mol. The zero-order valence-corrected chi connectivity index (χ0v) is 8.58. The molecule has 14 heavy (non-hydrogen) atoms. The average molecular weight is 211 g/mol. The highest BCUT2D eigenvalue weighted by Gasteiger charge is 2.06. The first-order chi connectivity index (χ1) is 6.67. The third-order valence-electron chi connectivity index (χ3n) is 1.72. The lowest BCUT2D eigenvalue weighted by atomic mass is 10.2. The first-order valence-corrected chi connectivity index (χ1v) is 4.61. The van der Waals surface area contributed by atoms with Gasteiger partial charge in [-0.05, 0) is 25.1 Å². The molecule has 0 saturated carbocycles. The van der Waals surface area contributed by atoms with E-state index in [0.29, 0.717) is 22.9 Å². The molecule has 1 atom stereocenters. The molecule has 0 radical (unpaired) electrons. The van der Waals surface area contributed by atoms with Crippen molar-refractivity contribution in [3.05, 3.63) is 28.8 Å². The molecule has 0 aliphatic carbocycles. The topological polar surface area (TPSA) is 59.0 Å². The summed E-state index contributed by atoms with van der Waals surface area (Å²) in [5.74, 6) is 0.559. The summed E-state index contributed by atoms with van der Waals surface area (Å²) < 4.78 is 5.43. The molecule has 3 nitrogen and oxygen atoms in total. The minimum atomic E-state index is -0.0829. The van der Waals surface area contributed by atoms with Gasteiger partial charge in [0.05, 0.1) is 16.7 Å². The van der Waals surface area contributed by atoms with Gasteiger partial charge < -0.3 is 10.5 Å². The number of halogens is 1. The van der Waals surface area contributed by atoms with Crippen LogP contribution in [0.25, 0.3) is 0 Å². The van der Waals surface area contributed by atoms with Crippen molar-refractivity contribution >= 4 is 11.6 Å². The van der Waals surface area contributed by atoms with E-state index in [-0.39, 0.29) is 6.10 Å². The van der Waals surface area contributed by atoms with Crippen LogP contribution in [-0.4, -0.2) is 12.6 Å². The molecule has 0 spiro atoms. The summed E-state index contributed by atoms with van der Waals surface area (Å²) >= 11 is 5.89. The second kappa shape index (κ2) is 4.85. The summed E-state index contributed by atoms with van der Waals surface area (Å²) in [5.41, 5.74) is 5.92. The van der Waals surface area contributed by atoms with E-state index in [9.17, 15) is 0 Å². The van der Waals surface area contributed by atoms with Gasteiger partial charge in [-0.3, -0.25) is 0 Å². The van der Waals surface area contributed by atoms with E-state index in [1.807, 2.05) is 13.0 Å². The first kappa shape index (κ1) is 10.8. The summed E-state index contributed by atoms with van der Waals surface area (Å²) in [5, 5.41) is 9.05. The Morgan fingerprint density at radius 2 is 2.36 bits per heavy atom. The highest BCUT2D eigenvalue weighted by Crippen LogP contribution is 2.25. The number of hydrogen-bond acceptors (Lipinski definition) is 3. The van der Waals surface area contributed by atoms with Crippen LogP contribution in [0, 0.1) is 11.3 Å². The highest BCUT2D eigenvalue weighted by atomic mass is 35.5. The predicted molar refractivity (Wildman–Crippen MR) is 55.3 cm³/mol. The Kier molecular flexibility index (Phi) is 3.75. The van der Waals surface area contributed by atoms with Gasteiger partial charge in [-0.25, -0.2) is 0 Å². The molecule has 0 aliphatic heterocycles. The SMILES string of the molecule is CC(CN)Oc1ccc(C#N)cc1Cl. The number of hydrogen-bond donors (Lipinski definition) is 1. The van der Waals surface area contributed by atoms with Crippen molar-refractivity contribution in [1.82, 2.24) is 0 Å². The minimum absolute atomic E-state index is 0.0829. The van der Waals surface area contributed by atoms with Crippen molar-refractivity contribution in [1.29, 1.82) is 5.26 Å². The predicted octanol–water partition coefficient (Wildman–Crippen LogP) is 1.94. The van der Waals surface area contributed by atoms with Crippen LogP contribution < -0.4 is 10.5 Å². The van der Waals surface area contributed by atoms with Crippen molar-refractivity contribution in [2.75, 3.05) is 6.54 Å². The molecular formula is C10H11ClN2O. The van der Waals surface area contributed by atoms with E-state index < -0.39 is 0 Å². The fraction of sp³-hybridized carbons (Fsp3) is 0.300. The third-order valence-corrected chi connectivity index (χ3v) is 2.02. The van der Waals surface area contributed by atoms with E-state index >= 15 is 0 Å². The van der Waals surface area contributed by atoms with Gasteiger partial charge in [0.1, 0.15) is 11.9 Å². The molecule has 1 rings (SSSR count). The number of ether oxygens (including phenoxy) is 1. The Balaban J connectivity index is 2.85. The van der Waals surface area contributed by atoms with Gasteiger partial charge in [-0.1, -0.05) is 11.6 Å². The second-order valence-corrected chi connectivity index (χ2v) is 3.33. The third kappa shape index (κ3) is 2.63. The molecule has 2 N–H and O–H groups in total. The van der Waals surface area contributed by atoms with Gasteiger partial charge in [0.15, 0.2) is 0 Å². The normalized spacial score (nSPS) is 11.9. The van der Waals surface area contributed by atoms with Crippen molar-refractivity contribution in [2.24, 2.45) is 5.73 Å². The largest absolute Gasteiger partial charge is 0.488 e. The monoisotopic (exact) mass is 210 g/mol. The Bertz CT molecular complexity index is 360. The van der Waals surface area contributed by atoms with E-state index in [4.69, 9.17) is 27.3 Å². The molecule has 0 heterocycles. The Morgan fingerprint density at radius 1 is 1.64 bits per heavy atom. The van der Waals surface area contributed by atoms with Crippen molar-refractivity contribution < 1.29 is 4.74 Å². The molecule has 1 unspecified atom stereocenters. The van der Waals surface area contributed by atoms with Crippen LogP contribution in [0.2, 0.25) is 5.02 Å². The fourth-order valence-corrected chi connectivity index (χ4v) is 1.16. The van der Waals surface area contributed by atoms with E-state index in [2.05, 4.69) is 0 Å². The van der Waals surface area contributed by atoms with Crippen molar-refractivity contribution in [3.8, 4) is 11.8 Å². The maximum atomic E-state index is 8.61. The smallest absolute Gasteiger partial charge is 0.138 e. The number of nitriles is 1. The first-order valence-electron chi connectivity index (χ1n) is 4.23. The lowest BCUT2D eigenvalue weighted by Crippen LogP contribution is -2.22. The van der Waals surface area contributed by atoms with Crippen LogP contribution >= 0.6 is 11.6 Å². The Hall–Kier alpha value is -1.24. The van der Waals surface area contributed by atoms with Gasteiger partial charge in [0.25, 0.3) is 0 Å². The zero-order chi connectivity index (χ0) is 10.6. The van der Waals surface area contributed by atoms with Crippen LogP contribution in [0.5, 0.6) is 5.75 Å². The standard InChI is InChI=1S/C10H11ClN2O/c1-7(5-12)14-10-3-2-8(6-13)4-9(10)11/h2-4,7H,5,12H2,1H3. The number of benzene rings is 1. The molecule has 0 aromatic heterocycles. The fourth-order valence-electron chi connectivity index (χ4n) is 0.931. The molecule has 0 aliphatic rings. The number of nitrogens with two attached hydrogens (primary N) is 1. The van der Waals surface area contributed by atoms with Crippen LogP contribution in [0.1, 0.15) is 12.5 Å². The molecule has 1 aromatic carbocycles. The molecule has 0 saturated heterocycles. The van der Waals surface area contributed by atoms with E-state index in [0.717, 1.165) is 0 Å². The van der Waals surface area contributed by atoms with Gasteiger partial charge in [-0.15, -0.1) is 0 Å². The van der Waals surface area contributed by atoms with Crippen molar-refractivity contribution in [2.45, 2.75) is 13.0 Å². The van der Waals surface area contributed by atoms with Gasteiger partial charge in [0, 0.05) is 6.54 Å². The molecule has 74 valence electrons. The quantitative estimate of drug-likeness (QED) is 0.830. The summed E-state index contributed by atoms with van der Waals surface area (Å²) in [4.78, 5) is 0. The second-order valence-electron chi connectivity index (χ2n) is 2.92. The van der Waals surface area contributed by atoms with Gasteiger partial charge in [0.2, 0.25) is 0 Å². The van der Waals surface area contributed by atoms with Crippen LogP contribution in [-0.2, 0) is 0 Å². The molecule has 0 amide bonds. The van der Waals surface area contributed by atoms with E-state index in [1.165, 1.54) is 0 Å². The molecule has 4 heteroatoms. The number of nitrogens with zero attached hydrogens (tertiary/aromatic N) is 1. The summed E-state index contributed by atoms with van der Waals surface area (Å²) in [7, 11) is 0. The Labute approximate surface area is 88.0 Å². The maximum absolute atomic E-state index is 8.61. The Morgan fingerprint density at radius 3 is 2.86 bits per heavy atom. The van der Waals surface area contributed by atoms with Crippen LogP contribution in [0.3, 0.4) is 0 Å². The van der Waals surface area contributed by atoms with E-state index in [1.54, 1.807) is 18.2 Å². The maximum Gasteiger partial charge on any atom is 0.138 e. The summed E-state index contributed by atoms with van der Waals surface area (Å²) in [6.07, 6.45) is -0.0829. The summed E-state index contributed by atoms with van der Waals surface area (Å²) in [6.45, 7) is 2.28. The van der Waals surface area contributed by atoms with Gasteiger partial charge in [-0.2, -0.15) is 5.26 Å². The lowest BCUT2D eigenvalue weighted by Gasteiger charge is -2.13. The minimum Gasteiger partial charge on any atom is -0.488 e. The summed E-state index contributed by atoms with van der Waals surface area (Å²) in [6, 6.07) is 6.90. The van der Waals surface area contributed by atoms with Gasteiger partial charge >= 0.3 is 0 Å². The zero-order valence-electron chi connectivity index (χ0n) is 7.83. The van der Waals surface area contributed by atoms with Crippen LogP contribution in [0.4, 0.5) is 0 Å². The molecule has 0 bridgehead atoms. The van der Waals surface area contributed by atoms with Crippen molar-refractivity contribution in [3.63, 3.8) is 0 Å². The average Bonchev–Trinajstić information content (AvgIpc) is 2.20. The number of rotatable bonds is 3. The lowest BCUT2D eigenvalue weighted by molar-refractivity contribution is 0.230. The highest BCUT2D eigenvalue weighted by molar-refractivity contribution is 6.32. The molecule has 0 fully saturated rings.